The SMILES string of the molecule is CC(C)(C)OC(=O)N1CCC[C@H]1C(=O)N(N)Cc1ccccc1. The molecule has 2 N–H and O–H groups in total. The van der Waals surface area contributed by atoms with Gasteiger partial charge in [0.15, 0.2) is 0 Å². The van der Waals surface area contributed by atoms with Crippen LogP contribution >= 0.6 is 0 Å². The van der Waals surface area contributed by atoms with E-state index in [1.165, 1.54) is 9.91 Å². The number of hydrogen-bond acceptors (Lipinski definition) is 4. The third-order valence-electron chi connectivity index (χ3n) is 3.64. The zero-order valence-corrected chi connectivity index (χ0v) is 14.0. The van der Waals surface area contributed by atoms with E-state index < -0.39 is 17.7 Å². The van der Waals surface area contributed by atoms with E-state index in [2.05, 4.69) is 0 Å². The molecule has 0 aliphatic carbocycles. The van der Waals surface area contributed by atoms with Crippen LogP contribution < -0.4 is 5.84 Å². The Bertz CT molecular complexity index is 554. The minimum absolute atomic E-state index is 0.253. The molecule has 0 radical (unpaired) electrons. The van der Waals surface area contributed by atoms with Gasteiger partial charge in [0.2, 0.25) is 0 Å². The van der Waals surface area contributed by atoms with Crippen molar-refractivity contribution in [3.63, 3.8) is 0 Å². The maximum absolute atomic E-state index is 12.6. The van der Waals surface area contributed by atoms with Gasteiger partial charge in [-0.25, -0.2) is 10.6 Å². The third-order valence-corrected chi connectivity index (χ3v) is 3.64. The van der Waals surface area contributed by atoms with Gasteiger partial charge in [0.1, 0.15) is 11.6 Å². The summed E-state index contributed by atoms with van der Waals surface area (Å²) in [6.45, 7) is 6.26. The Hall–Kier alpha value is -2.08. The van der Waals surface area contributed by atoms with E-state index in [9.17, 15) is 9.59 Å². The van der Waals surface area contributed by atoms with E-state index in [1.807, 2.05) is 51.1 Å². The van der Waals surface area contributed by atoms with Crippen LogP contribution in [0.5, 0.6) is 0 Å². The van der Waals surface area contributed by atoms with Gasteiger partial charge in [0.25, 0.3) is 5.91 Å². The van der Waals surface area contributed by atoms with Crippen LogP contribution in [0.25, 0.3) is 0 Å². The largest absolute Gasteiger partial charge is 0.444 e. The molecule has 0 unspecified atom stereocenters. The number of benzene rings is 1. The van der Waals surface area contributed by atoms with Gasteiger partial charge in [-0.2, -0.15) is 0 Å². The molecule has 1 aliphatic heterocycles. The number of rotatable bonds is 3. The highest BCUT2D eigenvalue weighted by molar-refractivity contribution is 5.86. The number of nitrogens with two attached hydrogens (primary N) is 1. The first-order valence-electron chi connectivity index (χ1n) is 7.87. The third kappa shape index (κ3) is 4.69. The fraction of sp³-hybridized carbons (Fsp3) is 0.529. The second-order valence-corrected chi connectivity index (χ2v) is 6.78. The minimum atomic E-state index is -0.584. The van der Waals surface area contributed by atoms with E-state index in [1.54, 1.807) is 0 Å². The predicted molar refractivity (Wildman–Crippen MR) is 87.1 cm³/mol. The van der Waals surface area contributed by atoms with E-state index in [-0.39, 0.29) is 5.91 Å². The number of hydrogen-bond donors (Lipinski definition) is 1. The molecular weight excluding hydrogens is 294 g/mol. The number of carbonyl (C=O) groups excluding carboxylic acids is 2. The maximum Gasteiger partial charge on any atom is 0.410 e. The molecule has 6 nitrogen and oxygen atoms in total. The number of hydrazine groups is 1. The van der Waals surface area contributed by atoms with Gasteiger partial charge in [-0.15, -0.1) is 0 Å². The molecule has 1 heterocycles. The highest BCUT2D eigenvalue weighted by atomic mass is 16.6. The Labute approximate surface area is 137 Å². The van der Waals surface area contributed by atoms with Gasteiger partial charge in [-0.1, -0.05) is 30.3 Å². The average molecular weight is 319 g/mol. The Balaban J connectivity index is 2.01. The van der Waals surface area contributed by atoms with Crippen molar-refractivity contribution < 1.29 is 14.3 Å². The van der Waals surface area contributed by atoms with Gasteiger partial charge in [-0.05, 0) is 39.2 Å². The van der Waals surface area contributed by atoms with Crippen LogP contribution in [0.4, 0.5) is 4.79 Å². The normalized spacial score (nSPS) is 17.9. The number of likely N-dealkylation sites (tertiary alicyclic amines) is 1. The zero-order chi connectivity index (χ0) is 17.0. The molecule has 1 aliphatic rings. The molecule has 0 saturated carbocycles. The molecule has 1 aromatic carbocycles. The Morgan fingerprint density at radius 1 is 1.30 bits per heavy atom. The van der Waals surface area contributed by atoms with Gasteiger partial charge >= 0.3 is 6.09 Å². The van der Waals surface area contributed by atoms with E-state index >= 15 is 0 Å². The summed E-state index contributed by atoms with van der Waals surface area (Å²) in [5, 5.41) is 1.18. The lowest BCUT2D eigenvalue weighted by Gasteiger charge is -2.30. The lowest BCUT2D eigenvalue weighted by Crippen LogP contribution is -2.51. The predicted octanol–water partition coefficient (Wildman–Crippen LogP) is 2.29. The first kappa shape index (κ1) is 17.3. The van der Waals surface area contributed by atoms with Crippen molar-refractivity contribution in [3.05, 3.63) is 35.9 Å². The van der Waals surface area contributed by atoms with Crippen molar-refractivity contribution >= 4 is 12.0 Å². The summed E-state index contributed by atoms with van der Waals surface area (Å²) in [4.78, 5) is 26.3. The summed E-state index contributed by atoms with van der Waals surface area (Å²) in [5.74, 6) is 5.67. The molecule has 0 spiro atoms. The van der Waals surface area contributed by atoms with Crippen LogP contribution in [0.1, 0.15) is 39.2 Å². The lowest BCUT2D eigenvalue weighted by molar-refractivity contribution is -0.136. The standard InChI is InChI=1S/C17H25N3O3/c1-17(2,3)23-16(22)19-11-7-10-14(19)15(21)20(18)12-13-8-5-4-6-9-13/h4-6,8-9,14H,7,10-12,18H2,1-3H3/t14-/m0/s1. The van der Waals surface area contributed by atoms with Crippen molar-refractivity contribution in [2.75, 3.05) is 6.54 Å². The van der Waals surface area contributed by atoms with Gasteiger partial charge < -0.3 is 4.74 Å². The molecule has 0 bridgehead atoms. The van der Waals surface area contributed by atoms with Gasteiger partial charge in [0.05, 0.1) is 6.54 Å². The minimum Gasteiger partial charge on any atom is -0.444 e. The van der Waals surface area contributed by atoms with Crippen molar-refractivity contribution in [2.24, 2.45) is 5.84 Å². The first-order chi connectivity index (χ1) is 10.8. The van der Waals surface area contributed by atoms with Crippen molar-refractivity contribution in [3.8, 4) is 0 Å². The molecule has 1 saturated heterocycles. The number of ether oxygens (including phenoxy) is 1. The molecule has 1 aromatic rings. The summed E-state index contributed by atoms with van der Waals surface area (Å²) < 4.78 is 5.38. The van der Waals surface area contributed by atoms with Crippen LogP contribution in [0, 0.1) is 0 Å². The fourth-order valence-electron chi connectivity index (χ4n) is 2.61. The molecule has 1 atom stereocenters. The van der Waals surface area contributed by atoms with Crippen molar-refractivity contribution in [1.82, 2.24) is 9.91 Å². The summed E-state index contributed by atoms with van der Waals surface area (Å²) in [6, 6.07) is 8.99. The van der Waals surface area contributed by atoms with Gasteiger partial charge in [-0.3, -0.25) is 14.7 Å². The highest BCUT2D eigenvalue weighted by Gasteiger charge is 2.38. The second kappa shape index (κ2) is 7.00. The Morgan fingerprint density at radius 3 is 2.57 bits per heavy atom. The fourth-order valence-corrected chi connectivity index (χ4v) is 2.61. The monoisotopic (exact) mass is 319 g/mol. The molecule has 2 rings (SSSR count). The Kier molecular flexibility index (Phi) is 5.26. The average Bonchev–Trinajstić information content (AvgIpc) is 2.95. The van der Waals surface area contributed by atoms with Crippen molar-refractivity contribution in [2.45, 2.75) is 51.8 Å². The molecule has 2 amide bonds. The highest BCUT2D eigenvalue weighted by Crippen LogP contribution is 2.22. The second-order valence-electron chi connectivity index (χ2n) is 6.78. The van der Waals surface area contributed by atoms with E-state index in [0.717, 1.165) is 12.0 Å². The van der Waals surface area contributed by atoms with E-state index in [4.69, 9.17) is 10.6 Å². The number of nitrogens with zero attached hydrogens (tertiary/aromatic N) is 2. The van der Waals surface area contributed by atoms with Crippen LogP contribution in [-0.4, -0.2) is 40.1 Å². The quantitative estimate of drug-likeness (QED) is 0.527. The van der Waals surface area contributed by atoms with Crippen molar-refractivity contribution in [1.29, 1.82) is 0 Å². The lowest BCUT2D eigenvalue weighted by atomic mass is 10.1. The smallest absolute Gasteiger partial charge is 0.410 e. The van der Waals surface area contributed by atoms with Gasteiger partial charge in [0, 0.05) is 6.54 Å². The van der Waals surface area contributed by atoms with Crippen LogP contribution in [-0.2, 0) is 16.1 Å². The van der Waals surface area contributed by atoms with E-state index in [0.29, 0.717) is 19.5 Å². The molecular formula is C17H25N3O3. The molecule has 0 aromatic heterocycles. The number of carbonyl (C=O) groups is 2. The maximum atomic E-state index is 12.6. The molecule has 1 fully saturated rings. The summed E-state index contributed by atoms with van der Waals surface area (Å²) in [7, 11) is 0. The number of amides is 2. The van der Waals surface area contributed by atoms with Crippen LogP contribution in [0.2, 0.25) is 0 Å². The first-order valence-corrected chi connectivity index (χ1v) is 7.87. The topological polar surface area (TPSA) is 75.9 Å². The summed E-state index contributed by atoms with van der Waals surface area (Å²) in [5.41, 5.74) is 0.366. The summed E-state index contributed by atoms with van der Waals surface area (Å²) in [6.07, 6.45) is 0.927. The molecule has 126 valence electrons. The van der Waals surface area contributed by atoms with Crippen LogP contribution in [0.15, 0.2) is 30.3 Å². The molecule has 23 heavy (non-hydrogen) atoms. The Morgan fingerprint density at radius 2 is 1.96 bits per heavy atom. The molecule has 6 heteroatoms. The summed E-state index contributed by atoms with van der Waals surface area (Å²) >= 11 is 0. The zero-order valence-electron chi connectivity index (χ0n) is 14.0. The van der Waals surface area contributed by atoms with Crippen LogP contribution in [0.3, 0.4) is 0 Å².